The Kier molecular flexibility index (Phi) is 6.34. The van der Waals surface area contributed by atoms with Crippen molar-refractivity contribution >= 4 is 46.7 Å². The molecule has 0 unspecified atom stereocenters. The summed E-state index contributed by atoms with van der Waals surface area (Å²) in [5.74, 6) is -1.04. The van der Waals surface area contributed by atoms with Gasteiger partial charge >= 0.3 is 0 Å². The molecule has 1 atom stereocenters. The monoisotopic (exact) mass is 468 g/mol. The number of aromatic nitrogens is 2. The van der Waals surface area contributed by atoms with Crippen LogP contribution in [0.2, 0.25) is 5.02 Å². The number of aryl methyl sites for hydroxylation is 1. The first kappa shape index (κ1) is 22.1. The van der Waals surface area contributed by atoms with Crippen LogP contribution in [0, 0.1) is 13.8 Å². The van der Waals surface area contributed by atoms with Crippen LogP contribution >= 0.6 is 23.4 Å². The first-order valence-corrected chi connectivity index (χ1v) is 11.4. The van der Waals surface area contributed by atoms with Crippen molar-refractivity contribution in [2.75, 3.05) is 10.6 Å². The van der Waals surface area contributed by atoms with E-state index in [0.717, 1.165) is 11.1 Å². The van der Waals surface area contributed by atoms with Crippen LogP contribution in [0.1, 0.15) is 34.6 Å². The van der Waals surface area contributed by atoms with E-state index in [0.29, 0.717) is 27.2 Å². The molecule has 2 amide bonds. The third-order valence-electron chi connectivity index (χ3n) is 5.40. The highest BCUT2D eigenvalue weighted by molar-refractivity contribution is 7.98. The molecule has 164 valence electrons. The number of carbonyl (C=O) groups excluding carboxylic acids is 2. The number of carbonyl (C=O) groups is 2. The molecule has 9 heteroatoms. The van der Waals surface area contributed by atoms with Crippen molar-refractivity contribution in [3.05, 3.63) is 80.1 Å². The number of halogens is 1. The number of thioether (sulfide) groups is 1. The topological polar surface area (TPSA) is 104 Å². The van der Waals surface area contributed by atoms with Gasteiger partial charge < -0.3 is 15.6 Å². The maximum Gasteiger partial charge on any atom is 0.257 e. The van der Waals surface area contributed by atoms with E-state index in [1.165, 1.54) is 11.8 Å². The normalized spacial score (nSPS) is 15.1. The number of fused-ring (bicyclic) bond motifs is 1. The highest BCUT2D eigenvalue weighted by atomic mass is 35.5. The van der Waals surface area contributed by atoms with Gasteiger partial charge in [0, 0.05) is 22.9 Å². The zero-order valence-corrected chi connectivity index (χ0v) is 19.1. The fraction of sp³-hybridized carbons (Fsp3) is 0.217. The third kappa shape index (κ3) is 4.56. The van der Waals surface area contributed by atoms with Crippen LogP contribution in [-0.2, 0) is 15.3 Å². The quantitative estimate of drug-likeness (QED) is 0.380. The van der Waals surface area contributed by atoms with E-state index in [4.69, 9.17) is 11.6 Å². The van der Waals surface area contributed by atoms with Gasteiger partial charge in [0.2, 0.25) is 11.8 Å². The molecule has 0 aliphatic carbocycles. The molecular weight excluding hydrogens is 448 g/mol. The molecule has 2 aromatic carbocycles. The van der Waals surface area contributed by atoms with Crippen LogP contribution in [0.3, 0.4) is 0 Å². The van der Waals surface area contributed by atoms with E-state index in [1.807, 2.05) is 31.2 Å². The summed E-state index contributed by atoms with van der Waals surface area (Å²) in [7, 11) is 0. The molecule has 0 saturated carbocycles. The number of amides is 2. The molecule has 1 aliphatic rings. The number of aromatic amines is 1. The Hall–Kier alpha value is -3.10. The van der Waals surface area contributed by atoms with Gasteiger partial charge in [-0.1, -0.05) is 53.7 Å². The molecule has 3 N–H and O–H groups in total. The minimum atomic E-state index is -0.955. The summed E-state index contributed by atoms with van der Waals surface area (Å²) >= 11 is 7.49. The second kappa shape index (κ2) is 9.18. The van der Waals surface area contributed by atoms with E-state index >= 15 is 0 Å². The van der Waals surface area contributed by atoms with Crippen LogP contribution in [0.4, 0.5) is 11.5 Å². The summed E-state index contributed by atoms with van der Waals surface area (Å²) in [6, 6.07) is 13.1. The van der Waals surface area contributed by atoms with E-state index in [9.17, 15) is 14.4 Å². The highest BCUT2D eigenvalue weighted by Crippen LogP contribution is 2.32. The lowest BCUT2D eigenvalue weighted by Gasteiger charge is -2.24. The lowest BCUT2D eigenvalue weighted by Crippen LogP contribution is -2.36. The van der Waals surface area contributed by atoms with Gasteiger partial charge in [-0.3, -0.25) is 14.4 Å². The van der Waals surface area contributed by atoms with Gasteiger partial charge in [-0.15, -0.1) is 0 Å². The molecule has 0 fully saturated rings. The van der Waals surface area contributed by atoms with Gasteiger partial charge in [0.15, 0.2) is 5.16 Å². The average molecular weight is 469 g/mol. The van der Waals surface area contributed by atoms with Crippen LogP contribution in [-0.4, -0.2) is 21.8 Å². The minimum Gasteiger partial charge on any atom is -0.325 e. The van der Waals surface area contributed by atoms with Gasteiger partial charge in [0.1, 0.15) is 5.82 Å². The lowest BCUT2D eigenvalue weighted by molar-refractivity contribution is -0.123. The Labute approximate surface area is 194 Å². The number of anilines is 2. The predicted molar refractivity (Wildman–Crippen MR) is 126 cm³/mol. The molecule has 7 nitrogen and oxygen atoms in total. The zero-order chi connectivity index (χ0) is 22.8. The van der Waals surface area contributed by atoms with Crippen molar-refractivity contribution in [3.63, 3.8) is 0 Å². The molecule has 0 radical (unpaired) electrons. The summed E-state index contributed by atoms with van der Waals surface area (Å²) in [4.78, 5) is 45.4. The Balaban J connectivity index is 1.60. The fourth-order valence-electron chi connectivity index (χ4n) is 3.52. The molecule has 0 saturated heterocycles. The number of nitrogens with zero attached hydrogens (tertiary/aromatic N) is 1. The summed E-state index contributed by atoms with van der Waals surface area (Å²) in [5, 5.41) is 6.32. The molecule has 1 aromatic heterocycles. The van der Waals surface area contributed by atoms with Crippen LogP contribution in [0.25, 0.3) is 0 Å². The first-order valence-electron chi connectivity index (χ1n) is 10.0. The van der Waals surface area contributed by atoms with E-state index < -0.39 is 17.4 Å². The number of H-pyrrole nitrogens is 1. The zero-order valence-electron chi connectivity index (χ0n) is 17.5. The number of benzene rings is 2. The molecule has 1 aliphatic heterocycles. The first-order chi connectivity index (χ1) is 15.3. The highest BCUT2D eigenvalue weighted by Gasteiger charge is 2.35. The number of hydrogen-bond donors (Lipinski definition) is 3. The Morgan fingerprint density at radius 1 is 1.19 bits per heavy atom. The summed E-state index contributed by atoms with van der Waals surface area (Å²) in [6.45, 7) is 3.80. The third-order valence-corrected chi connectivity index (χ3v) is 6.73. The van der Waals surface area contributed by atoms with Crippen molar-refractivity contribution < 1.29 is 9.59 Å². The van der Waals surface area contributed by atoms with E-state index in [-0.39, 0.29) is 23.7 Å². The van der Waals surface area contributed by atoms with E-state index in [1.54, 1.807) is 25.1 Å². The maximum absolute atomic E-state index is 13.0. The predicted octanol–water partition coefficient (Wildman–Crippen LogP) is 4.40. The largest absolute Gasteiger partial charge is 0.325 e. The Morgan fingerprint density at radius 3 is 2.75 bits per heavy atom. The van der Waals surface area contributed by atoms with Crippen LogP contribution in [0.5, 0.6) is 0 Å². The van der Waals surface area contributed by atoms with Crippen molar-refractivity contribution in [1.29, 1.82) is 0 Å². The van der Waals surface area contributed by atoms with Crippen molar-refractivity contribution in [2.45, 2.75) is 37.1 Å². The number of hydrogen-bond acceptors (Lipinski definition) is 5. The van der Waals surface area contributed by atoms with Crippen molar-refractivity contribution in [2.24, 2.45) is 0 Å². The SMILES string of the molecule is Cc1ccccc1CSc1nc2c(c(=O)[nH]1)[C@@H](C(=O)Nc1cccc(Cl)c1C)CC(=O)N2. The molecular formula is C23H21ClN4O3S. The van der Waals surface area contributed by atoms with Gasteiger partial charge in [-0.05, 0) is 42.7 Å². The second-order valence-electron chi connectivity index (χ2n) is 7.56. The molecule has 2 heterocycles. The molecule has 32 heavy (non-hydrogen) atoms. The Morgan fingerprint density at radius 2 is 1.97 bits per heavy atom. The fourth-order valence-corrected chi connectivity index (χ4v) is 4.64. The van der Waals surface area contributed by atoms with E-state index in [2.05, 4.69) is 20.6 Å². The smallest absolute Gasteiger partial charge is 0.257 e. The van der Waals surface area contributed by atoms with Gasteiger partial charge in [0.05, 0.1) is 11.5 Å². The van der Waals surface area contributed by atoms with Crippen LogP contribution < -0.4 is 16.2 Å². The summed E-state index contributed by atoms with van der Waals surface area (Å²) in [6.07, 6.45) is -0.140. The maximum atomic E-state index is 13.0. The van der Waals surface area contributed by atoms with Crippen molar-refractivity contribution in [3.8, 4) is 0 Å². The Bertz CT molecular complexity index is 1270. The number of rotatable bonds is 5. The molecule has 0 bridgehead atoms. The molecule has 4 rings (SSSR count). The average Bonchev–Trinajstić information content (AvgIpc) is 2.75. The lowest BCUT2D eigenvalue weighted by atomic mass is 9.92. The number of nitrogens with one attached hydrogen (secondary N) is 3. The molecule has 3 aromatic rings. The van der Waals surface area contributed by atoms with Gasteiger partial charge in [-0.2, -0.15) is 0 Å². The summed E-state index contributed by atoms with van der Waals surface area (Å²) < 4.78 is 0. The van der Waals surface area contributed by atoms with Crippen molar-refractivity contribution in [1.82, 2.24) is 9.97 Å². The standard InChI is InChI=1S/C23H21ClN4O3S/c1-12-6-3-4-7-14(12)11-32-23-27-20-19(22(31)28-23)15(10-18(29)26-20)21(30)25-17-9-5-8-16(24)13(17)2/h3-9,15H,10-11H2,1-2H3,(H,25,30)(H2,26,27,28,29,31)/t15-/m0/s1. The molecule has 0 spiro atoms. The van der Waals surface area contributed by atoms with Gasteiger partial charge in [0.25, 0.3) is 5.56 Å². The van der Waals surface area contributed by atoms with Gasteiger partial charge in [-0.25, -0.2) is 4.98 Å². The van der Waals surface area contributed by atoms with Crippen LogP contribution in [0.15, 0.2) is 52.4 Å². The summed E-state index contributed by atoms with van der Waals surface area (Å²) in [5.41, 5.74) is 3.22. The minimum absolute atomic E-state index is 0.125. The second-order valence-corrected chi connectivity index (χ2v) is 8.93.